The van der Waals surface area contributed by atoms with Crippen LogP contribution in [0.1, 0.15) is 26.7 Å². The van der Waals surface area contributed by atoms with Crippen molar-refractivity contribution in [1.82, 2.24) is 0 Å². The van der Waals surface area contributed by atoms with Crippen LogP contribution in [0.2, 0.25) is 0 Å². The smallest absolute Gasteiger partial charge is 0.0458 e. The molecule has 0 aromatic carbocycles. The highest BCUT2D eigenvalue weighted by Gasteiger charge is 2.27. The van der Waals surface area contributed by atoms with E-state index in [1.165, 1.54) is 12.8 Å². The maximum atomic E-state index is 4.05. The van der Waals surface area contributed by atoms with Gasteiger partial charge in [0.1, 0.15) is 0 Å². The molecule has 8 heavy (non-hydrogen) atoms. The van der Waals surface area contributed by atoms with Gasteiger partial charge >= 0.3 is 0 Å². The van der Waals surface area contributed by atoms with Crippen molar-refractivity contribution in [2.24, 2.45) is 17.8 Å². The van der Waals surface area contributed by atoms with E-state index < -0.39 is 0 Å². The van der Waals surface area contributed by atoms with Gasteiger partial charge in [0.05, 0.1) is 0 Å². The van der Waals surface area contributed by atoms with Gasteiger partial charge in [-0.25, -0.2) is 0 Å². The second kappa shape index (κ2) is 2.08. The molecule has 0 N–H and O–H groups in total. The van der Waals surface area contributed by atoms with E-state index >= 15 is 0 Å². The van der Waals surface area contributed by atoms with Crippen LogP contribution in [0.25, 0.3) is 0 Å². The van der Waals surface area contributed by atoms with Crippen LogP contribution >= 0.6 is 0 Å². The van der Waals surface area contributed by atoms with E-state index in [0.717, 1.165) is 17.8 Å². The SMILES string of the molecule is [CH2-]C1CC(C)C1CC. The third-order valence-corrected chi connectivity index (χ3v) is 2.48. The zero-order valence-corrected chi connectivity index (χ0v) is 5.85. The maximum Gasteiger partial charge on any atom is -0.0458 e. The lowest BCUT2D eigenvalue weighted by atomic mass is 9.65. The summed E-state index contributed by atoms with van der Waals surface area (Å²) in [5, 5.41) is 0. The molecular formula is C8H15-. The summed E-state index contributed by atoms with van der Waals surface area (Å²) < 4.78 is 0. The molecule has 0 heteroatoms. The molecule has 1 aliphatic rings. The van der Waals surface area contributed by atoms with E-state index in [1.54, 1.807) is 0 Å². The predicted octanol–water partition coefficient (Wildman–Crippen LogP) is 2.50. The van der Waals surface area contributed by atoms with Crippen molar-refractivity contribution in [3.63, 3.8) is 0 Å². The third kappa shape index (κ3) is 0.765. The Morgan fingerprint density at radius 2 is 2.25 bits per heavy atom. The van der Waals surface area contributed by atoms with Crippen molar-refractivity contribution in [1.29, 1.82) is 0 Å². The first-order valence-corrected chi connectivity index (χ1v) is 3.58. The third-order valence-electron chi connectivity index (χ3n) is 2.48. The largest absolute Gasteiger partial charge is 0.340 e. The summed E-state index contributed by atoms with van der Waals surface area (Å²) in [6.07, 6.45) is 2.69. The molecule has 0 spiro atoms. The molecule has 1 aliphatic carbocycles. The van der Waals surface area contributed by atoms with Gasteiger partial charge in [-0.15, -0.1) is 0 Å². The Morgan fingerprint density at radius 1 is 1.62 bits per heavy atom. The van der Waals surface area contributed by atoms with Gasteiger partial charge in [-0.1, -0.05) is 32.6 Å². The Bertz CT molecular complexity index is 68.1. The van der Waals surface area contributed by atoms with Gasteiger partial charge in [0, 0.05) is 0 Å². The van der Waals surface area contributed by atoms with Crippen LogP contribution in [0.3, 0.4) is 0 Å². The summed E-state index contributed by atoms with van der Waals surface area (Å²) in [5.74, 6) is 2.67. The lowest BCUT2D eigenvalue weighted by Crippen LogP contribution is -2.32. The first-order chi connectivity index (χ1) is 3.75. The molecular weight excluding hydrogens is 96.1 g/mol. The fraction of sp³-hybridized carbons (Fsp3) is 0.875. The van der Waals surface area contributed by atoms with E-state index in [9.17, 15) is 0 Å². The maximum absolute atomic E-state index is 4.05. The highest BCUT2D eigenvalue weighted by Crippen LogP contribution is 2.41. The summed E-state index contributed by atoms with van der Waals surface area (Å²) in [4.78, 5) is 0. The Kier molecular flexibility index (Phi) is 1.59. The van der Waals surface area contributed by atoms with E-state index in [-0.39, 0.29) is 0 Å². The molecule has 0 amide bonds. The van der Waals surface area contributed by atoms with E-state index in [1.807, 2.05) is 0 Å². The Hall–Kier alpha value is 0. The Labute approximate surface area is 52.3 Å². The minimum Gasteiger partial charge on any atom is -0.340 e. The van der Waals surface area contributed by atoms with Crippen LogP contribution in [0.5, 0.6) is 0 Å². The second-order valence-electron chi connectivity index (χ2n) is 3.05. The first kappa shape index (κ1) is 6.12. The Morgan fingerprint density at radius 3 is 2.38 bits per heavy atom. The molecule has 0 radical (unpaired) electrons. The van der Waals surface area contributed by atoms with E-state index in [4.69, 9.17) is 0 Å². The highest BCUT2D eigenvalue weighted by atomic mass is 14.4. The van der Waals surface area contributed by atoms with Crippen LogP contribution in [0.15, 0.2) is 0 Å². The van der Waals surface area contributed by atoms with Crippen molar-refractivity contribution in [3.8, 4) is 0 Å². The fourth-order valence-corrected chi connectivity index (χ4v) is 1.83. The van der Waals surface area contributed by atoms with Gasteiger partial charge in [-0.2, -0.15) is 5.92 Å². The summed E-state index contributed by atoms with van der Waals surface area (Å²) >= 11 is 0. The topological polar surface area (TPSA) is 0 Å². The van der Waals surface area contributed by atoms with E-state index in [0.29, 0.717) is 0 Å². The predicted molar refractivity (Wildman–Crippen MR) is 36.4 cm³/mol. The zero-order chi connectivity index (χ0) is 6.15. The van der Waals surface area contributed by atoms with Crippen molar-refractivity contribution in [3.05, 3.63) is 6.92 Å². The zero-order valence-electron chi connectivity index (χ0n) is 5.85. The summed E-state index contributed by atoms with van der Waals surface area (Å²) in [6.45, 7) is 8.64. The average molecular weight is 111 g/mol. The van der Waals surface area contributed by atoms with Gasteiger partial charge in [0.25, 0.3) is 0 Å². The first-order valence-electron chi connectivity index (χ1n) is 3.58. The summed E-state index contributed by atoms with van der Waals surface area (Å²) in [7, 11) is 0. The molecule has 0 aromatic heterocycles. The highest BCUT2D eigenvalue weighted by molar-refractivity contribution is 4.86. The van der Waals surface area contributed by atoms with Crippen LogP contribution in [-0.4, -0.2) is 0 Å². The summed E-state index contributed by atoms with van der Waals surface area (Å²) in [6, 6.07) is 0. The minimum absolute atomic E-state index is 0.773. The van der Waals surface area contributed by atoms with Crippen molar-refractivity contribution in [2.45, 2.75) is 26.7 Å². The fourth-order valence-electron chi connectivity index (χ4n) is 1.83. The molecule has 0 heterocycles. The second-order valence-corrected chi connectivity index (χ2v) is 3.05. The molecule has 0 aromatic rings. The number of rotatable bonds is 1. The molecule has 1 rings (SSSR count). The molecule has 3 unspecified atom stereocenters. The molecule has 0 saturated heterocycles. The molecule has 0 bridgehead atoms. The summed E-state index contributed by atoms with van der Waals surface area (Å²) in [5.41, 5.74) is 0. The number of hydrogen-bond donors (Lipinski definition) is 0. The van der Waals surface area contributed by atoms with Crippen molar-refractivity contribution < 1.29 is 0 Å². The standard InChI is InChI=1S/C8H15/c1-4-8-6(2)5-7(8)3/h6-8H,2,4-5H2,1,3H3/q-1. The van der Waals surface area contributed by atoms with Crippen molar-refractivity contribution in [2.75, 3.05) is 0 Å². The van der Waals surface area contributed by atoms with E-state index in [2.05, 4.69) is 20.8 Å². The monoisotopic (exact) mass is 111 g/mol. The average Bonchev–Trinajstić information content (AvgIpc) is 1.67. The van der Waals surface area contributed by atoms with Gasteiger partial charge in [-0.3, -0.25) is 0 Å². The van der Waals surface area contributed by atoms with Crippen molar-refractivity contribution >= 4 is 0 Å². The van der Waals surface area contributed by atoms with Crippen LogP contribution in [-0.2, 0) is 0 Å². The van der Waals surface area contributed by atoms with Gasteiger partial charge < -0.3 is 6.92 Å². The minimum atomic E-state index is 0.773. The van der Waals surface area contributed by atoms with Crippen LogP contribution in [0.4, 0.5) is 0 Å². The van der Waals surface area contributed by atoms with Gasteiger partial charge in [0.15, 0.2) is 0 Å². The number of hydrogen-bond acceptors (Lipinski definition) is 0. The molecule has 48 valence electrons. The van der Waals surface area contributed by atoms with Gasteiger partial charge in [-0.05, 0) is 5.92 Å². The molecule has 0 nitrogen and oxygen atoms in total. The van der Waals surface area contributed by atoms with Gasteiger partial charge in [0.2, 0.25) is 0 Å². The lowest BCUT2D eigenvalue weighted by molar-refractivity contribution is 0.119. The molecule has 3 atom stereocenters. The molecule has 0 aliphatic heterocycles. The molecule has 1 saturated carbocycles. The lowest BCUT2D eigenvalue weighted by Gasteiger charge is -2.45. The normalized spacial score (nSPS) is 46.1. The molecule has 1 fully saturated rings. The van der Waals surface area contributed by atoms with Crippen LogP contribution < -0.4 is 0 Å². The Balaban J connectivity index is 2.29. The quantitative estimate of drug-likeness (QED) is 0.456. The van der Waals surface area contributed by atoms with Crippen LogP contribution in [0, 0.1) is 24.7 Å².